The van der Waals surface area contributed by atoms with Gasteiger partial charge < -0.3 is 14.6 Å². The van der Waals surface area contributed by atoms with Crippen LogP contribution in [0.5, 0.6) is 17.5 Å². The van der Waals surface area contributed by atoms with E-state index in [9.17, 15) is 14.7 Å². The number of nitrogens with one attached hydrogen (secondary N) is 1. The van der Waals surface area contributed by atoms with Gasteiger partial charge in [-0.3, -0.25) is 18.9 Å². The van der Waals surface area contributed by atoms with Crippen molar-refractivity contribution in [2.24, 2.45) is 7.05 Å². The Morgan fingerprint density at radius 1 is 1.06 bits per heavy atom. The smallest absolute Gasteiger partial charge is 0.329 e. The van der Waals surface area contributed by atoms with Gasteiger partial charge in [-0.25, -0.2) is 4.79 Å². The van der Waals surface area contributed by atoms with Crippen LogP contribution in [0.2, 0.25) is 0 Å². The Hall–Kier alpha value is -3.85. The summed E-state index contributed by atoms with van der Waals surface area (Å²) in [4.78, 5) is 31.2. The number of para-hydroxylation sites is 1. The number of aliphatic hydroxyl groups is 1. The van der Waals surface area contributed by atoms with Crippen LogP contribution in [-0.2, 0) is 13.6 Å². The second-order valence-electron chi connectivity index (χ2n) is 7.19. The molecule has 2 aromatic carbocycles. The Balaban J connectivity index is 1.68. The van der Waals surface area contributed by atoms with Crippen LogP contribution in [0, 0.1) is 6.92 Å². The number of aryl methyl sites for hydroxylation is 2. The fourth-order valence-corrected chi connectivity index (χ4v) is 3.15. The van der Waals surface area contributed by atoms with E-state index in [1.165, 1.54) is 16.2 Å². The summed E-state index contributed by atoms with van der Waals surface area (Å²) in [6.07, 6.45) is -0.963. The maximum Gasteiger partial charge on any atom is 0.329 e. The van der Waals surface area contributed by atoms with E-state index in [4.69, 9.17) is 9.47 Å². The van der Waals surface area contributed by atoms with Crippen LogP contribution < -0.4 is 20.7 Å². The SMILES string of the molecule is Cc1ccc(Oc2nc3c(c(=O)[nH]c(=O)n3C)n2C[C@H](O)COc2ccccc2)cc1. The van der Waals surface area contributed by atoms with Gasteiger partial charge in [0.1, 0.15) is 24.2 Å². The zero-order valence-electron chi connectivity index (χ0n) is 17.1. The second-order valence-corrected chi connectivity index (χ2v) is 7.19. The molecule has 0 spiro atoms. The van der Waals surface area contributed by atoms with Gasteiger partial charge in [-0.05, 0) is 31.2 Å². The van der Waals surface area contributed by atoms with Gasteiger partial charge in [-0.2, -0.15) is 4.98 Å². The summed E-state index contributed by atoms with van der Waals surface area (Å²) in [6.45, 7) is 1.93. The minimum absolute atomic E-state index is 0.00265. The van der Waals surface area contributed by atoms with E-state index in [1.54, 1.807) is 24.3 Å². The van der Waals surface area contributed by atoms with Crippen LogP contribution >= 0.6 is 0 Å². The van der Waals surface area contributed by atoms with Crippen molar-refractivity contribution in [3.8, 4) is 17.5 Å². The first-order chi connectivity index (χ1) is 14.9. The average molecular weight is 422 g/mol. The highest BCUT2D eigenvalue weighted by Gasteiger charge is 2.21. The Labute approximate surface area is 177 Å². The van der Waals surface area contributed by atoms with Gasteiger partial charge in [-0.15, -0.1) is 0 Å². The Morgan fingerprint density at radius 2 is 1.77 bits per heavy atom. The largest absolute Gasteiger partial charge is 0.491 e. The van der Waals surface area contributed by atoms with Gasteiger partial charge in [-0.1, -0.05) is 35.9 Å². The Morgan fingerprint density at radius 3 is 2.48 bits per heavy atom. The molecule has 9 nitrogen and oxygen atoms in total. The van der Waals surface area contributed by atoms with Gasteiger partial charge >= 0.3 is 11.7 Å². The zero-order chi connectivity index (χ0) is 22.0. The van der Waals surface area contributed by atoms with Crippen LogP contribution in [0.4, 0.5) is 0 Å². The van der Waals surface area contributed by atoms with Crippen molar-refractivity contribution in [1.82, 2.24) is 19.1 Å². The third kappa shape index (κ3) is 4.36. The molecule has 4 aromatic rings. The van der Waals surface area contributed by atoms with Crippen LogP contribution in [0.25, 0.3) is 11.2 Å². The molecule has 0 radical (unpaired) electrons. The number of benzene rings is 2. The van der Waals surface area contributed by atoms with Crippen LogP contribution in [0.3, 0.4) is 0 Å². The number of hydrogen-bond donors (Lipinski definition) is 2. The minimum Gasteiger partial charge on any atom is -0.491 e. The summed E-state index contributed by atoms with van der Waals surface area (Å²) in [5.74, 6) is 1.13. The molecule has 9 heteroatoms. The molecule has 31 heavy (non-hydrogen) atoms. The predicted molar refractivity (Wildman–Crippen MR) is 115 cm³/mol. The lowest BCUT2D eigenvalue weighted by molar-refractivity contribution is 0.0915. The Bertz CT molecular complexity index is 1310. The number of fused-ring (bicyclic) bond motifs is 1. The van der Waals surface area contributed by atoms with E-state index >= 15 is 0 Å². The summed E-state index contributed by atoms with van der Waals surface area (Å²) in [5, 5.41) is 10.6. The maximum absolute atomic E-state index is 12.5. The molecular weight excluding hydrogens is 400 g/mol. The molecule has 0 saturated carbocycles. The molecule has 0 fully saturated rings. The molecule has 0 saturated heterocycles. The quantitative estimate of drug-likeness (QED) is 0.471. The monoisotopic (exact) mass is 422 g/mol. The molecule has 0 unspecified atom stereocenters. The molecule has 4 rings (SSSR count). The van der Waals surface area contributed by atoms with Crippen LogP contribution in [0.1, 0.15) is 5.56 Å². The van der Waals surface area contributed by atoms with Gasteiger partial charge in [0.25, 0.3) is 5.56 Å². The van der Waals surface area contributed by atoms with Gasteiger partial charge in [0.05, 0.1) is 6.54 Å². The molecular formula is C22H22N4O5. The van der Waals surface area contributed by atoms with E-state index in [0.29, 0.717) is 11.5 Å². The third-order valence-corrected chi connectivity index (χ3v) is 4.78. The number of aromatic nitrogens is 4. The molecule has 1 atom stereocenters. The van der Waals surface area contributed by atoms with E-state index in [2.05, 4.69) is 9.97 Å². The van der Waals surface area contributed by atoms with Crippen LogP contribution in [-0.4, -0.2) is 36.9 Å². The van der Waals surface area contributed by atoms with Gasteiger partial charge in [0.15, 0.2) is 11.2 Å². The van der Waals surface area contributed by atoms with E-state index in [-0.39, 0.29) is 30.3 Å². The summed E-state index contributed by atoms with van der Waals surface area (Å²) in [7, 11) is 1.50. The number of nitrogens with zero attached hydrogens (tertiary/aromatic N) is 3. The average Bonchev–Trinajstić information content (AvgIpc) is 3.11. The third-order valence-electron chi connectivity index (χ3n) is 4.78. The van der Waals surface area contributed by atoms with Gasteiger partial charge in [0, 0.05) is 7.05 Å². The summed E-state index contributed by atoms with van der Waals surface area (Å²) < 4.78 is 14.2. The van der Waals surface area contributed by atoms with Crippen molar-refractivity contribution >= 4 is 11.2 Å². The van der Waals surface area contributed by atoms with E-state index < -0.39 is 17.4 Å². The molecule has 0 aliphatic carbocycles. The lowest BCUT2D eigenvalue weighted by Gasteiger charge is -2.15. The molecule has 160 valence electrons. The highest BCUT2D eigenvalue weighted by molar-refractivity contribution is 5.71. The summed E-state index contributed by atoms with van der Waals surface area (Å²) >= 11 is 0. The van der Waals surface area contributed by atoms with Gasteiger partial charge in [0.2, 0.25) is 0 Å². The number of imidazole rings is 1. The normalized spacial score (nSPS) is 12.1. The van der Waals surface area contributed by atoms with E-state index in [0.717, 1.165) is 5.56 Å². The fraction of sp³-hybridized carbons (Fsp3) is 0.227. The highest BCUT2D eigenvalue weighted by Crippen LogP contribution is 2.24. The predicted octanol–water partition coefficient (Wildman–Crippen LogP) is 1.96. The highest BCUT2D eigenvalue weighted by atomic mass is 16.5. The summed E-state index contributed by atoms with van der Waals surface area (Å²) in [5.41, 5.74) is 0.153. The number of rotatable bonds is 7. The maximum atomic E-state index is 12.5. The lowest BCUT2D eigenvalue weighted by Crippen LogP contribution is -2.30. The fourth-order valence-electron chi connectivity index (χ4n) is 3.15. The van der Waals surface area contributed by atoms with Crippen molar-refractivity contribution in [3.63, 3.8) is 0 Å². The first-order valence-electron chi connectivity index (χ1n) is 9.72. The standard InChI is InChI=1S/C22H22N4O5/c1-14-8-10-17(11-9-14)31-22-23-19-18(20(28)24-21(29)25(19)2)26(22)12-15(27)13-30-16-6-4-3-5-7-16/h3-11,15,27H,12-13H2,1-2H3,(H,24,28,29)/t15-/m0/s1. The lowest BCUT2D eigenvalue weighted by atomic mass is 10.2. The second kappa shape index (κ2) is 8.49. The molecule has 0 aliphatic heterocycles. The van der Waals surface area contributed by atoms with Crippen molar-refractivity contribution < 1.29 is 14.6 Å². The number of hydrogen-bond acceptors (Lipinski definition) is 6. The molecule has 2 heterocycles. The van der Waals surface area contributed by atoms with Crippen molar-refractivity contribution in [3.05, 3.63) is 81.0 Å². The van der Waals surface area contributed by atoms with Crippen LogP contribution in [0.15, 0.2) is 64.2 Å². The minimum atomic E-state index is -0.963. The number of ether oxygens (including phenoxy) is 2. The van der Waals surface area contributed by atoms with Crippen molar-refractivity contribution in [1.29, 1.82) is 0 Å². The van der Waals surface area contributed by atoms with Crippen molar-refractivity contribution in [2.45, 2.75) is 19.6 Å². The molecule has 0 amide bonds. The zero-order valence-corrected chi connectivity index (χ0v) is 17.1. The number of aliphatic hydroxyl groups excluding tert-OH is 1. The molecule has 0 aliphatic rings. The molecule has 2 N–H and O–H groups in total. The summed E-state index contributed by atoms with van der Waals surface area (Å²) in [6, 6.07) is 16.5. The topological polar surface area (TPSA) is 111 Å². The Kier molecular flexibility index (Phi) is 5.59. The first-order valence-corrected chi connectivity index (χ1v) is 9.72. The number of H-pyrrole nitrogens is 1. The first kappa shape index (κ1) is 20.4. The number of aromatic amines is 1. The van der Waals surface area contributed by atoms with Crippen molar-refractivity contribution in [2.75, 3.05) is 6.61 Å². The molecule has 0 bridgehead atoms. The molecule has 2 aromatic heterocycles. The van der Waals surface area contributed by atoms with E-state index in [1.807, 2.05) is 37.3 Å².